The summed E-state index contributed by atoms with van der Waals surface area (Å²) >= 11 is 6.24. The van der Waals surface area contributed by atoms with E-state index in [2.05, 4.69) is 11.4 Å². The number of nitrogens with one attached hydrogen (secondary N) is 1. The Bertz CT molecular complexity index is 628. The second-order valence-electron chi connectivity index (χ2n) is 4.79. The van der Waals surface area contributed by atoms with E-state index in [-0.39, 0.29) is 6.04 Å². The molecule has 0 amide bonds. The van der Waals surface area contributed by atoms with Gasteiger partial charge in [-0.1, -0.05) is 29.8 Å². The second-order valence-corrected chi connectivity index (χ2v) is 5.20. The molecule has 21 heavy (non-hydrogen) atoms. The lowest BCUT2D eigenvalue weighted by molar-refractivity contribution is 0.354. The third-order valence-corrected chi connectivity index (χ3v) is 4.06. The molecule has 0 aliphatic carbocycles. The molecule has 2 aromatic carbocycles. The molecule has 1 atom stereocenters. The van der Waals surface area contributed by atoms with E-state index in [0.717, 1.165) is 33.2 Å². The molecule has 0 fully saturated rings. The smallest absolute Gasteiger partial charge is 0.161 e. The third kappa shape index (κ3) is 3.14. The van der Waals surface area contributed by atoms with E-state index in [0.29, 0.717) is 0 Å². The molecule has 0 heterocycles. The lowest BCUT2D eigenvalue weighted by Gasteiger charge is -2.21. The Morgan fingerprint density at radius 2 is 1.76 bits per heavy atom. The lowest BCUT2D eigenvalue weighted by Crippen LogP contribution is -2.18. The van der Waals surface area contributed by atoms with Crippen LogP contribution in [0.1, 0.15) is 22.7 Å². The molecule has 0 aromatic heterocycles. The van der Waals surface area contributed by atoms with Crippen molar-refractivity contribution in [3.63, 3.8) is 0 Å². The summed E-state index contributed by atoms with van der Waals surface area (Å²) in [6, 6.07) is 11.9. The van der Waals surface area contributed by atoms with E-state index in [1.54, 1.807) is 14.2 Å². The Morgan fingerprint density at radius 3 is 2.38 bits per heavy atom. The minimum atomic E-state index is 0.0449. The van der Waals surface area contributed by atoms with E-state index in [4.69, 9.17) is 21.1 Å². The molecule has 0 radical (unpaired) electrons. The Labute approximate surface area is 130 Å². The third-order valence-electron chi connectivity index (χ3n) is 3.65. The van der Waals surface area contributed by atoms with Crippen molar-refractivity contribution in [1.82, 2.24) is 5.32 Å². The van der Waals surface area contributed by atoms with Crippen molar-refractivity contribution >= 4 is 11.6 Å². The van der Waals surface area contributed by atoms with Crippen LogP contribution >= 0.6 is 11.6 Å². The molecule has 4 heteroatoms. The van der Waals surface area contributed by atoms with Gasteiger partial charge in [-0.15, -0.1) is 0 Å². The first-order chi connectivity index (χ1) is 10.1. The van der Waals surface area contributed by atoms with Gasteiger partial charge in [0.2, 0.25) is 0 Å². The predicted octanol–water partition coefficient (Wildman–Crippen LogP) is 3.97. The van der Waals surface area contributed by atoms with Crippen molar-refractivity contribution in [3.8, 4) is 11.5 Å². The first kappa shape index (κ1) is 15.7. The molecule has 2 rings (SSSR count). The van der Waals surface area contributed by atoms with Crippen molar-refractivity contribution < 1.29 is 9.47 Å². The number of halogens is 1. The van der Waals surface area contributed by atoms with E-state index < -0.39 is 0 Å². The van der Waals surface area contributed by atoms with Gasteiger partial charge in [0.1, 0.15) is 0 Å². The highest BCUT2D eigenvalue weighted by atomic mass is 35.5. The van der Waals surface area contributed by atoms with Crippen molar-refractivity contribution in [2.24, 2.45) is 0 Å². The van der Waals surface area contributed by atoms with E-state index >= 15 is 0 Å². The number of rotatable bonds is 5. The number of hydrogen-bond acceptors (Lipinski definition) is 3. The van der Waals surface area contributed by atoms with Gasteiger partial charge < -0.3 is 14.8 Å². The van der Waals surface area contributed by atoms with Crippen molar-refractivity contribution in [2.45, 2.75) is 13.0 Å². The van der Waals surface area contributed by atoms with E-state index in [1.165, 1.54) is 0 Å². The van der Waals surface area contributed by atoms with Crippen LogP contribution in [0.25, 0.3) is 0 Å². The predicted molar refractivity (Wildman–Crippen MR) is 86.6 cm³/mol. The Balaban J connectivity index is 2.49. The highest BCUT2D eigenvalue weighted by molar-refractivity contribution is 6.31. The lowest BCUT2D eigenvalue weighted by atomic mass is 9.95. The summed E-state index contributed by atoms with van der Waals surface area (Å²) < 4.78 is 10.7. The number of hydrogen-bond donors (Lipinski definition) is 1. The zero-order chi connectivity index (χ0) is 15.4. The molecule has 112 valence electrons. The van der Waals surface area contributed by atoms with Crippen LogP contribution in [0.5, 0.6) is 11.5 Å². The quantitative estimate of drug-likeness (QED) is 0.906. The summed E-state index contributed by atoms with van der Waals surface area (Å²) in [7, 11) is 5.20. The van der Waals surface area contributed by atoms with Crippen LogP contribution in [0.3, 0.4) is 0 Å². The highest BCUT2D eigenvalue weighted by Crippen LogP contribution is 2.34. The molecule has 0 saturated carbocycles. The Hall–Kier alpha value is -1.71. The fourth-order valence-corrected chi connectivity index (χ4v) is 2.65. The van der Waals surface area contributed by atoms with Crippen molar-refractivity contribution in [3.05, 3.63) is 58.1 Å². The summed E-state index contributed by atoms with van der Waals surface area (Å²) in [5, 5.41) is 4.11. The van der Waals surface area contributed by atoms with Crippen LogP contribution in [-0.2, 0) is 0 Å². The number of methoxy groups -OCH3 is 2. The topological polar surface area (TPSA) is 30.5 Å². The standard InChI is InChI=1S/C17H20ClNO2/c1-11-13(6-5-7-14(11)18)17(19-2)12-8-9-15(20-3)16(10-12)21-4/h5-10,17,19H,1-4H3. The minimum Gasteiger partial charge on any atom is -0.493 e. The SMILES string of the molecule is CNC(c1ccc(OC)c(OC)c1)c1cccc(Cl)c1C. The van der Waals surface area contributed by atoms with Gasteiger partial charge in [0.05, 0.1) is 20.3 Å². The van der Waals surface area contributed by atoms with Crippen molar-refractivity contribution in [2.75, 3.05) is 21.3 Å². The van der Waals surface area contributed by atoms with E-state index in [9.17, 15) is 0 Å². The molecule has 1 N–H and O–H groups in total. The molecule has 0 bridgehead atoms. The Kier molecular flexibility index (Phi) is 5.10. The summed E-state index contributed by atoms with van der Waals surface area (Å²) in [6.07, 6.45) is 0. The van der Waals surface area contributed by atoms with Crippen LogP contribution in [0.2, 0.25) is 5.02 Å². The molecule has 3 nitrogen and oxygen atoms in total. The fraction of sp³-hybridized carbons (Fsp3) is 0.294. The van der Waals surface area contributed by atoms with Gasteiger partial charge in [-0.05, 0) is 48.9 Å². The van der Waals surface area contributed by atoms with Crippen molar-refractivity contribution in [1.29, 1.82) is 0 Å². The maximum Gasteiger partial charge on any atom is 0.161 e. The van der Waals surface area contributed by atoms with Gasteiger partial charge in [-0.3, -0.25) is 0 Å². The van der Waals surface area contributed by atoms with Crippen LogP contribution in [-0.4, -0.2) is 21.3 Å². The van der Waals surface area contributed by atoms with Gasteiger partial charge in [-0.25, -0.2) is 0 Å². The van der Waals surface area contributed by atoms with Gasteiger partial charge in [0.25, 0.3) is 0 Å². The molecule has 0 aliphatic rings. The number of benzene rings is 2. The molecule has 0 saturated heterocycles. The van der Waals surface area contributed by atoms with Gasteiger partial charge >= 0.3 is 0 Å². The summed E-state index contributed by atoms with van der Waals surface area (Å²) in [4.78, 5) is 0. The van der Waals surface area contributed by atoms with Crippen LogP contribution in [0.15, 0.2) is 36.4 Å². The maximum absolute atomic E-state index is 6.24. The monoisotopic (exact) mass is 305 g/mol. The normalized spacial score (nSPS) is 12.0. The van der Waals surface area contributed by atoms with Crippen LogP contribution < -0.4 is 14.8 Å². The first-order valence-electron chi connectivity index (χ1n) is 6.76. The van der Waals surface area contributed by atoms with Gasteiger partial charge in [0.15, 0.2) is 11.5 Å². The molecule has 2 aromatic rings. The molecule has 0 aliphatic heterocycles. The second kappa shape index (κ2) is 6.83. The van der Waals surface area contributed by atoms with Gasteiger partial charge in [0, 0.05) is 5.02 Å². The molecular formula is C17H20ClNO2. The first-order valence-corrected chi connectivity index (χ1v) is 7.14. The minimum absolute atomic E-state index is 0.0449. The molecule has 0 spiro atoms. The average Bonchev–Trinajstić information content (AvgIpc) is 2.51. The zero-order valence-corrected chi connectivity index (χ0v) is 13.5. The number of ether oxygens (including phenoxy) is 2. The van der Waals surface area contributed by atoms with Crippen LogP contribution in [0, 0.1) is 6.92 Å². The summed E-state index contributed by atoms with van der Waals surface area (Å²) in [5.74, 6) is 1.44. The fourth-order valence-electron chi connectivity index (χ4n) is 2.47. The Morgan fingerprint density at radius 1 is 1.05 bits per heavy atom. The maximum atomic E-state index is 6.24. The highest BCUT2D eigenvalue weighted by Gasteiger charge is 2.17. The summed E-state index contributed by atoms with van der Waals surface area (Å²) in [6.45, 7) is 2.03. The molecule has 1 unspecified atom stereocenters. The van der Waals surface area contributed by atoms with Gasteiger partial charge in [-0.2, -0.15) is 0 Å². The van der Waals surface area contributed by atoms with E-state index in [1.807, 2.05) is 44.3 Å². The van der Waals surface area contributed by atoms with Crippen LogP contribution in [0.4, 0.5) is 0 Å². The zero-order valence-electron chi connectivity index (χ0n) is 12.7. The largest absolute Gasteiger partial charge is 0.493 e. The molecular weight excluding hydrogens is 286 g/mol. The summed E-state index contributed by atoms with van der Waals surface area (Å²) in [5.41, 5.74) is 3.33. The average molecular weight is 306 g/mol.